The van der Waals surface area contributed by atoms with Crippen LogP contribution in [0.5, 0.6) is 0 Å². The Hall–Kier alpha value is -0.780. The molecule has 1 aromatic rings. The highest BCUT2D eigenvalue weighted by Crippen LogP contribution is 2.28. The number of esters is 1. The predicted octanol–water partition coefficient (Wildman–Crippen LogP) is 3.68. The van der Waals surface area contributed by atoms with E-state index in [2.05, 4.69) is 0 Å². The van der Waals surface area contributed by atoms with Crippen molar-refractivity contribution in [3.05, 3.63) is 28.3 Å². The fraction of sp³-hybridized carbons (Fsp3) is 0.462. The molecule has 1 aliphatic rings. The van der Waals surface area contributed by atoms with Gasteiger partial charge in [-0.2, -0.15) is 0 Å². The highest BCUT2D eigenvalue weighted by molar-refractivity contribution is 8.13. The number of hydrogen-bond donors (Lipinski definition) is 0. The van der Waals surface area contributed by atoms with E-state index in [1.807, 2.05) is 0 Å². The second-order valence-electron chi connectivity index (χ2n) is 4.83. The van der Waals surface area contributed by atoms with Gasteiger partial charge in [-0.25, -0.2) is 13.2 Å². The van der Waals surface area contributed by atoms with Crippen LogP contribution in [0.15, 0.2) is 17.0 Å². The summed E-state index contributed by atoms with van der Waals surface area (Å²) in [5, 5.41) is 0.171. The minimum absolute atomic E-state index is 0.100. The Kier molecular flexibility index (Phi) is 4.62. The summed E-state index contributed by atoms with van der Waals surface area (Å²) >= 11 is 5.95. The number of hydrogen-bond acceptors (Lipinski definition) is 4. The minimum atomic E-state index is -3.95. The van der Waals surface area contributed by atoms with E-state index in [0.29, 0.717) is 5.56 Å². The molecule has 0 aromatic heterocycles. The molecule has 0 N–H and O–H groups in total. The predicted molar refractivity (Wildman–Crippen MR) is 76.9 cm³/mol. The van der Waals surface area contributed by atoms with E-state index < -0.39 is 15.0 Å². The summed E-state index contributed by atoms with van der Waals surface area (Å²) in [7, 11) is 1.35. The van der Waals surface area contributed by atoms with Crippen molar-refractivity contribution in [3.8, 4) is 0 Å². The zero-order valence-corrected chi connectivity index (χ0v) is 13.2. The molecule has 0 aliphatic heterocycles. The first-order valence-electron chi connectivity index (χ1n) is 6.25. The summed E-state index contributed by atoms with van der Waals surface area (Å²) in [6.45, 7) is 1.64. The summed E-state index contributed by atoms with van der Waals surface area (Å²) < 4.78 is 28.1. The molecule has 0 spiro atoms. The minimum Gasteiger partial charge on any atom is -0.459 e. The summed E-state index contributed by atoms with van der Waals surface area (Å²) in [6, 6.07) is 2.44. The van der Waals surface area contributed by atoms with Crippen LogP contribution in [-0.4, -0.2) is 20.5 Å². The van der Waals surface area contributed by atoms with Crippen molar-refractivity contribution in [1.82, 2.24) is 0 Å². The third kappa shape index (κ3) is 3.45. The lowest BCUT2D eigenvalue weighted by Crippen LogP contribution is -2.16. The normalized spacial score (nSPS) is 16.4. The molecule has 0 radical (unpaired) electrons. The highest BCUT2D eigenvalue weighted by atomic mass is 35.7. The van der Waals surface area contributed by atoms with Gasteiger partial charge in [0.2, 0.25) is 0 Å². The smallest absolute Gasteiger partial charge is 0.338 e. The second kappa shape index (κ2) is 5.92. The third-order valence-corrected chi connectivity index (χ3v) is 5.12. The topological polar surface area (TPSA) is 60.4 Å². The average molecular weight is 337 g/mol. The number of benzene rings is 1. The van der Waals surface area contributed by atoms with Crippen LogP contribution in [0.3, 0.4) is 0 Å². The van der Waals surface area contributed by atoms with E-state index in [1.54, 1.807) is 6.92 Å². The molecule has 1 fully saturated rings. The van der Waals surface area contributed by atoms with Crippen LogP contribution < -0.4 is 0 Å². The van der Waals surface area contributed by atoms with Crippen LogP contribution in [0, 0.1) is 6.92 Å². The first-order chi connectivity index (χ1) is 9.29. The average Bonchev–Trinajstić information content (AvgIpc) is 2.83. The maximum absolute atomic E-state index is 12.1. The van der Waals surface area contributed by atoms with E-state index in [1.165, 1.54) is 12.1 Å². The van der Waals surface area contributed by atoms with Crippen LogP contribution in [0.2, 0.25) is 5.02 Å². The third-order valence-electron chi connectivity index (χ3n) is 3.40. The highest BCUT2D eigenvalue weighted by Gasteiger charge is 2.24. The SMILES string of the molecule is Cc1c(Cl)cc(S(=O)(=O)Cl)cc1C(=O)OC1CCCC1. The molecular weight excluding hydrogens is 323 g/mol. The summed E-state index contributed by atoms with van der Waals surface area (Å²) in [6.07, 6.45) is 3.65. The fourth-order valence-electron chi connectivity index (χ4n) is 2.23. The van der Waals surface area contributed by atoms with E-state index in [-0.39, 0.29) is 21.6 Å². The molecule has 0 amide bonds. The molecule has 110 valence electrons. The van der Waals surface area contributed by atoms with Crippen molar-refractivity contribution in [2.24, 2.45) is 0 Å². The lowest BCUT2D eigenvalue weighted by Gasteiger charge is -2.14. The van der Waals surface area contributed by atoms with Gasteiger partial charge >= 0.3 is 5.97 Å². The van der Waals surface area contributed by atoms with Gasteiger partial charge in [-0.05, 0) is 50.3 Å². The standard InChI is InChI=1S/C13H14Cl2O4S/c1-8-11(13(16)19-9-4-2-3-5-9)6-10(7-12(8)14)20(15,17)18/h6-7,9H,2-5H2,1H3. The lowest BCUT2D eigenvalue weighted by molar-refractivity contribution is 0.0316. The second-order valence-corrected chi connectivity index (χ2v) is 7.80. The van der Waals surface area contributed by atoms with Crippen molar-refractivity contribution in [1.29, 1.82) is 0 Å². The van der Waals surface area contributed by atoms with Crippen LogP contribution >= 0.6 is 22.3 Å². The van der Waals surface area contributed by atoms with Gasteiger partial charge in [0.15, 0.2) is 0 Å². The summed E-state index contributed by atoms with van der Waals surface area (Å²) in [5.74, 6) is -0.557. The summed E-state index contributed by atoms with van der Waals surface area (Å²) in [4.78, 5) is 11.9. The number of rotatable bonds is 3. The maximum atomic E-state index is 12.1. The molecule has 2 rings (SSSR count). The van der Waals surface area contributed by atoms with Crippen LogP contribution in [-0.2, 0) is 13.8 Å². The Labute approximate surface area is 127 Å². The van der Waals surface area contributed by atoms with Gasteiger partial charge in [0.05, 0.1) is 10.5 Å². The van der Waals surface area contributed by atoms with Crippen molar-refractivity contribution >= 4 is 37.3 Å². The van der Waals surface area contributed by atoms with Crippen LogP contribution in [0.4, 0.5) is 0 Å². The Morgan fingerprint density at radius 1 is 1.30 bits per heavy atom. The number of ether oxygens (including phenoxy) is 1. The number of carbonyl (C=O) groups is 1. The zero-order chi connectivity index (χ0) is 14.9. The van der Waals surface area contributed by atoms with Gasteiger partial charge in [-0.1, -0.05) is 11.6 Å². The molecule has 0 unspecified atom stereocenters. The Balaban J connectivity index is 2.34. The first kappa shape index (κ1) is 15.6. The van der Waals surface area contributed by atoms with E-state index in [0.717, 1.165) is 25.7 Å². The molecule has 0 saturated heterocycles. The molecule has 1 aromatic carbocycles. The molecule has 0 atom stereocenters. The molecule has 1 saturated carbocycles. The van der Waals surface area contributed by atoms with Crippen molar-refractivity contribution in [3.63, 3.8) is 0 Å². The zero-order valence-electron chi connectivity index (χ0n) is 10.9. The van der Waals surface area contributed by atoms with Gasteiger partial charge in [0.25, 0.3) is 9.05 Å². The molecule has 1 aliphatic carbocycles. The Morgan fingerprint density at radius 2 is 1.90 bits per heavy atom. The van der Waals surface area contributed by atoms with Crippen LogP contribution in [0.25, 0.3) is 0 Å². The number of halogens is 2. The van der Waals surface area contributed by atoms with Gasteiger partial charge in [0.1, 0.15) is 6.10 Å². The van der Waals surface area contributed by atoms with Gasteiger partial charge in [0, 0.05) is 15.7 Å². The molecule has 0 heterocycles. The first-order valence-corrected chi connectivity index (χ1v) is 8.93. The number of carbonyl (C=O) groups excluding carboxylic acids is 1. The Bertz CT molecular complexity index is 634. The quantitative estimate of drug-likeness (QED) is 0.624. The molecule has 4 nitrogen and oxygen atoms in total. The van der Waals surface area contributed by atoms with E-state index in [9.17, 15) is 13.2 Å². The Morgan fingerprint density at radius 3 is 2.45 bits per heavy atom. The largest absolute Gasteiger partial charge is 0.459 e. The van der Waals surface area contributed by atoms with Crippen LogP contribution in [0.1, 0.15) is 41.6 Å². The molecule has 7 heteroatoms. The lowest BCUT2D eigenvalue weighted by atomic mass is 10.1. The van der Waals surface area contributed by atoms with Crippen molar-refractivity contribution in [2.45, 2.75) is 43.6 Å². The molecule has 0 bridgehead atoms. The fourth-order valence-corrected chi connectivity index (χ4v) is 3.30. The maximum Gasteiger partial charge on any atom is 0.338 e. The van der Waals surface area contributed by atoms with E-state index >= 15 is 0 Å². The van der Waals surface area contributed by atoms with Crippen molar-refractivity contribution < 1.29 is 17.9 Å². The van der Waals surface area contributed by atoms with Gasteiger partial charge in [-0.3, -0.25) is 0 Å². The molecular formula is C13H14Cl2O4S. The van der Waals surface area contributed by atoms with Gasteiger partial charge < -0.3 is 4.74 Å². The van der Waals surface area contributed by atoms with E-state index in [4.69, 9.17) is 27.0 Å². The monoisotopic (exact) mass is 336 g/mol. The molecule has 20 heavy (non-hydrogen) atoms. The summed E-state index contributed by atoms with van der Waals surface area (Å²) in [5.41, 5.74) is 0.627. The van der Waals surface area contributed by atoms with Gasteiger partial charge in [-0.15, -0.1) is 0 Å². The van der Waals surface area contributed by atoms with Crippen molar-refractivity contribution in [2.75, 3.05) is 0 Å².